The molecule has 1 atom stereocenters. The summed E-state index contributed by atoms with van der Waals surface area (Å²) in [6.07, 6.45) is 0. The Balaban J connectivity index is 2.04. The molecule has 0 fully saturated rings. The molecule has 2 rings (SSSR count). The molecular formula is C14H19FN2OS. The number of amidine groups is 1. The lowest BCUT2D eigenvalue weighted by atomic mass is 10.1. The maximum Gasteiger partial charge on any atom is 0.167 e. The van der Waals surface area contributed by atoms with E-state index in [1.54, 1.807) is 23.9 Å². The molecule has 1 N–H and O–H groups in total. The van der Waals surface area contributed by atoms with Gasteiger partial charge in [-0.05, 0) is 25.0 Å². The van der Waals surface area contributed by atoms with Gasteiger partial charge in [-0.3, -0.25) is 4.99 Å². The van der Waals surface area contributed by atoms with Crippen LogP contribution in [0.2, 0.25) is 0 Å². The molecule has 3 nitrogen and oxygen atoms in total. The van der Waals surface area contributed by atoms with E-state index in [9.17, 15) is 4.39 Å². The Bertz CT molecular complexity index is 477. The lowest BCUT2D eigenvalue weighted by Gasteiger charge is -2.09. The third-order valence-electron chi connectivity index (χ3n) is 2.93. The minimum Gasteiger partial charge on any atom is -0.491 e. The van der Waals surface area contributed by atoms with E-state index >= 15 is 0 Å². The van der Waals surface area contributed by atoms with Crippen LogP contribution in [-0.2, 0) is 0 Å². The predicted molar refractivity (Wildman–Crippen MR) is 79.7 cm³/mol. The van der Waals surface area contributed by atoms with Crippen molar-refractivity contribution in [2.45, 2.75) is 26.8 Å². The number of benzene rings is 1. The molecule has 1 aliphatic rings. The van der Waals surface area contributed by atoms with Crippen molar-refractivity contribution in [3.05, 3.63) is 24.0 Å². The number of hydrogen-bond donors (Lipinski definition) is 1. The van der Waals surface area contributed by atoms with Gasteiger partial charge in [-0.1, -0.05) is 25.6 Å². The van der Waals surface area contributed by atoms with Crippen LogP contribution in [0.15, 0.2) is 23.2 Å². The number of hydrogen-bond acceptors (Lipinski definition) is 4. The van der Waals surface area contributed by atoms with Gasteiger partial charge in [0.05, 0.1) is 12.6 Å². The van der Waals surface area contributed by atoms with Gasteiger partial charge in [0.15, 0.2) is 16.7 Å². The largest absolute Gasteiger partial charge is 0.491 e. The van der Waals surface area contributed by atoms with Crippen molar-refractivity contribution < 1.29 is 9.13 Å². The summed E-state index contributed by atoms with van der Waals surface area (Å²) in [5.74, 6) is 1.45. The van der Waals surface area contributed by atoms with Gasteiger partial charge in [0.2, 0.25) is 0 Å². The van der Waals surface area contributed by atoms with Crippen molar-refractivity contribution >= 4 is 22.6 Å². The van der Waals surface area contributed by atoms with E-state index in [4.69, 9.17) is 4.74 Å². The third kappa shape index (κ3) is 3.62. The number of anilines is 1. The first kappa shape index (κ1) is 14.2. The monoisotopic (exact) mass is 282 g/mol. The van der Waals surface area contributed by atoms with Crippen molar-refractivity contribution in [2.75, 3.05) is 17.7 Å². The van der Waals surface area contributed by atoms with Gasteiger partial charge in [0.25, 0.3) is 0 Å². The van der Waals surface area contributed by atoms with E-state index in [-0.39, 0.29) is 11.6 Å². The number of halogens is 1. The van der Waals surface area contributed by atoms with E-state index in [2.05, 4.69) is 24.2 Å². The SMILES string of the molecule is CCOc1ccc(NC2=N[C@@H](C(C)C)CS2)cc1F. The molecule has 1 aromatic carbocycles. The molecule has 0 unspecified atom stereocenters. The quantitative estimate of drug-likeness (QED) is 0.913. The van der Waals surface area contributed by atoms with E-state index in [1.807, 2.05) is 6.92 Å². The van der Waals surface area contributed by atoms with Crippen molar-refractivity contribution in [1.82, 2.24) is 0 Å². The van der Waals surface area contributed by atoms with Crippen LogP contribution in [0.3, 0.4) is 0 Å². The first-order valence-corrected chi connectivity index (χ1v) is 7.48. The fourth-order valence-corrected chi connectivity index (χ4v) is 2.96. The van der Waals surface area contributed by atoms with E-state index < -0.39 is 0 Å². The zero-order chi connectivity index (χ0) is 13.8. The summed E-state index contributed by atoms with van der Waals surface area (Å²) in [5, 5.41) is 4.02. The molecule has 0 bridgehead atoms. The lowest BCUT2D eigenvalue weighted by molar-refractivity contribution is 0.321. The summed E-state index contributed by atoms with van der Waals surface area (Å²) in [7, 11) is 0. The molecule has 0 spiro atoms. The van der Waals surface area contributed by atoms with Crippen LogP contribution in [-0.4, -0.2) is 23.6 Å². The zero-order valence-corrected chi connectivity index (χ0v) is 12.3. The molecule has 0 saturated heterocycles. The first-order chi connectivity index (χ1) is 9.10. The first-order valence-electron chi connectivity index (χ1n) is 6.50. The van der Waals surface area contributed by atoms with Crippen molar-refractivity contribution in [3.8, 4) is 5.75 Å². The summed E-state index contributed by atoms with van der Waals surface area (Å²) in [5.41, 5.74) is 0.705. The lowest BCUT2D eigenvalue weighted by Crippen LogP contribution is -2.12. The summed E-state index contributed by atoms with van der Waals surface area (Å²) >= 11 is 1.68. The Morgan fingerprint density at radius 3 is 2.89 bits per heavy atom. The van der Waals surface area contributed by atoms with Crippen molar-refractivity contribution in [2.24, 2.45) is 10.9 Å². The molecular weight excluding hydrogens is 263 g/mol. The topological polar surface area (TPSA) is 33.6 Å². The molecule has 104 valence electrons. The minimum atomic E-state index is -0.351. The van der Waals surface area contributed by atoms with Gasteiger partial charge in [0.1, 0.15) is 0 Å². The normalized spacial score (nSPS) is 18.6. The average Bonchev–Trinajstić information content (AvgIpc) is 2.81. The zero-order valence-electron chi connectivity index (χ0n) is 11.4. The second-order valence-corrected chi connectivity index (χ2v) is 5.77. The van der Waals surface area contributed by atoms with Crippen LogP contribution in [0.5, 0.6) is 5.75 Å². The molecule has 1 heterocycles. The predicted octanol–water partition coefficient (Wildman–Crippen LogP) is 3.76. The Labute approximate surface area is 117 Å². The Morgan fingerprint density at radius 2 is 2.32 bits per heavy atom. The van der Waals surface area contributed by atoms with E-state index in [0.717, 1.165) is 10.9 Å². The number of ether oxygens (including phenoxy) is 1. The second-order valence-electron chi connectivity index (χ2n) is 4.76. The van der Waals surface area contributed by atoms with Crippen LogP contribution in [0.1, 0.15) is 20.8 Å². The number of nitrogens with zero attached hydrogens (tertiary/aromatic N) is 1. The average molecular weight is 282 g/mol. The van der Waals surface area contributed by atoms with Gasteiger partial charge < -0.3 is 10.1 Å². The molecule has 0 aliphatic carbocycles. The van der Waals surface area contributed by atoms with Crippen molar-refractivity contribution in [1.29, 1.82) is 0 Å². The van der Waals surface area contributed by atoms with E-state index in [1.165, 1.54) is 6.07 Å². The summed E-state index contributed by atoms with van der Waals surface area (Å²) in [6, 6.07) is 5.23. The third-order valence-corrected chi connectivity index (χ3v) is 3.92. The van der Waals surface area contributed by atoms with Gasteiger partial charge in [-0.2, -0.15) is 0 Å². The van der Waals surface area contributed by atoms with Crippen LogP contribution in [0.25, 0.3) is 0 Å². The Kier molecular flexibility index (Phi) is 4.69. The number of rotatable bonds is 4. The highest BCUT2D eigenvalue weighted by Crippen LogP contribution is 2.26. The summed E-state index contributed by atoms with van der Waals surface area (Å²) in [4.78, 5) is 4.59. The van der Waals surface area contributed by atoms with E-state index in [0.29, 0.717) is 24.3 Å². The summed E-state index contributed by atoms with van der Waals surface area (Å²) < 4.78 is 18.9. The fourth-order valence-electron chi connectivity index (χ4n) is 1.77. The maximum atomic E-state index is 13.7. The smallest absolute Gasteiger partial charge is 0.167 e. The Hall–Kier alpha value is -1.23. The number of aliphatic imine (C=N–C) groups is 1. The number of nitrogens with one attached hydrogen (secondary N) is 1. The maximum absolute atomic E-state index is 13.7. The highest BCUT2D eigenvalue weighted by atomic mass is 32.2. The van der Waals surface area contributed by atoms with Crippen LogP contribution in [0.4, 0.5) is 10.1 Å². The molecule has 5 heteroatoms. The highest BCUT2D eigenvalue weighted by molar-refractivity contribution is 8.14. The standard InChI is InChI=1S/C14H19FN2OS/c1-4-18-13-6-5-10(7-11(13)15)16-14-17-12(8-19-14)9(2)3/h5-7,9,12H,4,8H2,1-3H3,(H,16,17)/t12-/m1/s1. The minimum absolute atomic E-state index is 0.286. The molecule has 0 aromatic heterocycles. The second kappa shape index (κ2) is 6.28. The fraction of sp³-hybridized carbons (Fsp3) is 0.500. The van der Waals surface area contributed by atoms with Gasteiger partial charge >= 0.3 is 0 Å². The Morgan fingerprint density at radius 1 is 1.53 bits per heavy atom. The number of thioether (sulfide) groups is 1. The van der Waals surface area contributed by atoms with Crippen LogP contribution < -0.4 is 10.1 Å². The molecule has 19 heavy (non-hydrogen) atoms. The molecule has 0 radical (unpaired) electrons. The van der Waals surface area contributed by atoms with Gasteiger partial charge in [0, 0.05) is 17.5 Å². The van der Waals surface area contributed by atoms with Crippen LogP contribution in [0, 0.1) is 11.7 Å². The summed E-state index contributed by atoms with van der Waals surface area (Å²) in [6.45, 7) is 6.62. The molecule has 1 aliphatic heterocycles. The van der Waals surface area contributed by atoms with Crippen LogP contribution >= 0.6 is 11.8 Å². The highest BCUT2D eigenvalue weighted by Gasteiger charge is 2.21. The van der Waals surface area contributed by atoms with Gasteiger partial charge in [-0.25, -0.2) is 4.39 Å². The molecule has 0 saturated carbocycles. The van der Waals surface area contributed by atoms with Crippen molar-refractivity contribution in [3.63, 3.8) is 0 Å². The molecule has 1 aromatic rings. The molecule has 0 amide bonds. The van der Waals surface area contributed by atoms with Gasteiger partial charge in [-0.15, -0.1) is 0 Å².